The lowest BCUT2D eigenvalue weighted by Crippen LogP contribution is -2.38. The van der Waals surface area contributed by atoms with E-state index in [4.69, 9.17) is 10.5 Å². The van der Waals surface area contributed by atoms with Gasteiger partial charge in [-0.3, -0.25) is 4.79 Å². The van der Waals surface area contributed by atoms with Gasteiger partial charge in [-0.2, -0.15) is 0 Å². The number of fused-ring (bicyclic) bond motifs is 1. The van der Waals surface area contributed by atoms with Crippen molar-refractivity contribution in [2.45, 2.75) is 25.3 Å². The van der Waals surface area contributed by atoms with Crippen molar-refractivity contribution >= 4 is 5.91 Å². The molecule has 114 valence electrons. The van der Waals surface area contributed by atoms with Crippen LogP contribution < -0.4 is 10.5 Å². The predicted molar refractivity (Wildman–Crippen MR) is 77.7 cm³/mol. The van der Waals surface area contributed by atoms with Gasteiger partial charge in [0.05, 0.1) is 7.11 Å². The first-order chi connectivity index (χ1) is 10.1. The first-order valence-electron chi connectivity index (χ1n) is 7.48. The Morgan fingerprint density at radius 2 is 2.19 bits per heavy atom. The normalized spacial score (nSPS) is 28.3. The molecular weight excluding hydrogens is 271 g/mol. The molecule has 1 heterocycles. The van der Waals surface area contributed by atoms with Gasteiger partial charge >= 0.3 is 0 Å². The molecule has 2 N–H and O–H groups in total. The molecule has 1 saturated carbocycles. The molecule has 2 aliphatic rings. The summed E-state index contributed by atoms with van der Waals surface area (Å²) in [6.07, 6.45) is 3.34. The Balaban J connectivity index is 1.77. The van der Waals surface area contributed by atoms with E-state index in [2.05, 4.69) is 0 Å². The summed E-state index contributed by atoms with van der Waals surface area (Å²) in [5.41, 5.74) is 6.65. The van der Waals surface area contributed by atoms with Crippen molar-refractivity contribution in [1.82, 2.24) is 4.90 Å². The first kappa shape index (κ1) is 14.3. The molecule has 0 bridgehead atoms. The third-order valence-corrected chi connectivity index (χ3v) is 4.84. The zero-order valence-electron chi connectivity index (χ0n) is 12.2. The van der Waals surface area contributed by atoms with Crippen molar-refractivity contribution in [3.8, 4) is 5.75 Å². The van der Waals surface area contributed by atoms with Crippen LogP contribution in [0.15, 0.2) is 18.2 Å². The van der Waals surface area contributed by atoms with Crippen LogP contribution in [0.1, 0.15) is 29.6 Å². The van der Waals surface area contributed by atoms with Gasteiger partial charge in [-0.1, -0.05) is 6.42 Å². The Morgan fingerprint density at radius 3 is 2.90 bits per heavy atom. The lowest BCUT2D eigenvalue weighted by molar-refractivity contribution is 0.0783. The summed E-state index contributed by atoms with van der Waals surface area (Å²) in [6.45, 7) is 1.47. The molecule has 1 aromatic carbocycles. The first-order valence-corrected chi connectivity index (χ1v) is 7.48. The molecule has 1 aliphatic heterocycles. The van der Waals surface area contributed by atoms with Crippen LogP contribution in [0.2, 0.25) is 0 Å². The number of carbonyl (C=O) groups is 1. The fourth-order valence-corrected chi connectivity index (χ4v) is 3.66. The molecule has 4 nitrogen and oxygen atoms in total. The molecule has 3 unspecified atom stereocenters. The lowest BCUT2D eigenvalue weighted by Gasteiger charge is -2.29. The van der Waals surface area contributed by atoms with Crippen LogP contribution in [0.4, 0.5) is 4.39 Å². The van der Waals surface area contributed by atoms with Crippen LogP contribution >= 0.6 is 0 Å². The molecule has 0 radical (unpaired) electrons. The number of ether oxygens (including phenoxy) is 1. The average Bonchev–Trinajstić information content (AvgIpc) is 2.92. The van der Waals surface area contributed by atoms with Gasteiger partial charge in [-0.25, -0.2) is 4.39 Å². The summed E-state index contributed by atoms with van der Waals surface area (Å²) in [5.74, 6) is 0.514. The van der Waals surface area contributed by atoms with E-state index in [1.165, 1.54) is 25.3 Å². The van der Waals surface area contributed by atoms with Crippen LogP contribution in [0, 0.1) is 17.7 Å². The maximum atomic E-state index is 13.4. The van der Waals surface area contributed by atoms with Crippen LogP contribution in [-0.2, 0) is 0 Å². The van der Waals surface area contributed by atoms with Crippen LogP contribution in [0.3, 0.4) is 0 Å². The minimum atomic E-state index is -0.453. The van der Waals surface area contributed by atoms with E-state index >= 15 is 0 Å². The summed E-state index contributed by atoms with van der Waals surface area (Å²) < 4.78 is 18.4. The smallest absolute Gasteiger partial charge is 0.254 e. The lowest BCUT2D eigenvalue weighted by atomic mass is 9.78. The van der Waals surface area contributed by atoms with E-state index in [0.29, 0.717) is 23.9 Å². The monoisotopic (exact) mass is 292 g/mol. The molecule has 1 aromatic rings. The van der Waals surface area contributed by atoms with Gasteiger partial charge in [-0.05, 0) is 42.9 Å². The maximum absolute atomic E-state index is 13.4. The van der Waals surface area contributed by atoms with Crippen molar-refractivity contribution in [1.29, 1.82) is 0 Å². The SMILES string of the molecule is COc1cc(C(=O)N2CC3CCCC(N)C3C2)ccc1F. The second kappa shape index (κ2) is 5.64. The summed E-state index contributed by atoms with van der Waals surface area (Å²) in [4.78, 5) is 14.4. The highest BCUT2D eigenvalue weighted by molar-refractivity contribution is 5.94. The number of rotatable bonds is 2. The fraction of sp³-hybridized carbons (Fsp3) is 0.562. The Bertz CT molecular complexity index is 549. The average molecular weight is 292 g/mol. The van der Waals surface area contributed by atoms with Gasteiger partial charge in [0.15, 0.2) is 11.6 Å². The number of likely N-dealkylation sites (tertiary alicyclic amines) is 1. The van der Waals surface area contributed by atoms with E-state index in [1.54, 1.807) is 0 Å². The summed E-state index contributed by atoms with van der Waals surface area (Å²) >= 11 is 0. The second-order valence-electron chi connectivity index (χ2n) is 6.08. The molecule has 3 atom stereocenters. The zero-order chi connectivity index (χ0) is 15.0. The number of hydrogen-bond acceptors (Lipinski definition) is 3. The number of carbonyl (C=O) groups excluding carboxylic acids is 1. The quantitative estimate of drug-likeness (QED) is 0.907. The minimum absolute atomic E-state index is 0.0603. The third kappa shape index (κ3) is 2.62. The van der Waals surface area contributed by atoms with Gasteiger partial charge in [0, 0.05) is 24.7 Å². The van der Waals surface area contributed by atoms with E-state index in [1.807, 2.05) is 4.90 Å². The van der Waals surface area contributed by atoms with Crippen LogP contribution in [-0.4, -0.2) is 37.0 Å². The van der Waals surface area contributed by atoms with Crippen LogP contribution in [0.25, 0.3) is 0 Å². The van der Waals surface area contributed by atoms with Gasteiger partial charge in [0.25, 0.3) is 5.91 Å². The number of halogens is 1. The zero-order valence-corrected chi connectivity index (χ0v) is 12.2. The predicted octanol–water partition coefficient (Wildman–Crippen LogP) is 2.03. The number of benzene rings is 1. The van der Waals surface area contributed by atoms with E-state index in [-0.39, 0.29) is 17.7 Å². The summed E-state index contributed by atoms with van der Waals surface area (Å²) in [6, 6.07) is 4.46. The molecule has 1 amide bonds. The molecule has 5 heteroatoms. The van der Waals surface area contributed by atoms with Crippen molar-refractivity contribution < 1.29 is 13.9 Å². The molecule has 21 heavy (non-hydrogen) atoms. The van der Waals surface area contributed by atoms with Crippen molar-refractivity contribution in [2.24, 2.45) is 17.6 Å². The molecule has 3 rings (SSSR count). The Morgan fingerprint density at radius 1 is 1.38 bits per heavy atom. The van der Waals surface area contributed by atoms with Gasteiger partial charge < -0.3 is 15.4 Å². The number of methoxy groups -OCH3 is 1. The standard InChI is InChI=1S/C16H21FN2O2/c1-21-15-7-10(5-6-13(15)17)16(20)19-8-11-3-2-4-14(18)12(11)9-19/h5-7,11-12,14H,2-4,8-9,18H2,1H3. The van der Waals surface area contributed by atoms with Gasteiger partial charge in [0.2, 0.25) is 0 Å². The number of nitrogens with zero attached hydrogens (tertiary/aromatic N) is 1. The molecule has 1 aliphatic carbocycles. The van der Waals surface area contributed by atoms with Crippen molar-refractivity contribution in [3.05, 3.63) is 29.6 Å². The minimum Gasteiger partial charge on any atom is -0.494 e. The highest BCUT2D eigenvalue weighted by atomic mass is 19.1. The molecule has 0 spiro atoms. The van der Waals surface area contributed by atoms with Gasteiger partial charge in [0.1, 0.15) is 0 Å². The number of amides is 1. The van der Waals surface area contributed by atoms with Crippen molar-refractivity contribution in [3.63, 3.8) is 0 Å². The second-order valence-corrected chi connectivity index (χ2v) is 6.08. The number of nitrogens with two attached hydrogens (primary N) is 1. The summed E-state index contributed by atoms with van der Waals surface area (Å²) in [7, 11) is 1.40. The molecule has 1 saturated heterocycles. The third-order valence-electron chi connectivity index (χ3n) is 4.84. The molecule has 0 aromatic heterocycles. The van der Waals surface area contributed by atoms with Crippen LogP contribution in [0.5, 0.6) is 5.75 Å². The Hall–Kier alpha value is -1.62. The molecule has 2 fully saturated rings. The maximum Gasteiger partial charge on any atom is 0.254 e. The molecular formula is C16H21FN2O2. The largest absolute Gasteiger partial charge is 0.494 e. The Kier molecular flexibility index (Phi) is 3.85. The Labute approximate surface area is 124 Å². The fourth-order valence-electron chi connectivity index (χ4n) is 3.66. The highest BCUT2D eigenvalue weighted by Crippen LogP contribution is 2.36. The van der Waals surface area contributed by atoms with E-state index in [0.717, 1.165) is 25.8 Å². The summed E-state index contributed by atoms with van der Waals surface area (Å²) in [5, 5.41) is 0. The highest BCUT2D eigenvalue weighted by Gasteiger charge is 2.40. The number of hydrogen-bond donors (Lipinski definition) is 1. The van der Waals surface area contributed by atoms with Crippen molar-refractivity contribution in [2.75, 3.05) is 20.2 Å². The van der Waals surface area contributed by atoms with Gasteiger partial charge in [-0.15, -0.1) is 0 Å². The van der Waals surface area contributed by atoms with E-state index in [9.17, 15) is 9.18 Å². The topological polar surface area (TPSA) is 55.6 Å². The van der Waals surface area contributed by atoms with E-state index < -0.39 is 5.82 Å².